The Labute approximate surface area is 97.0 Å². The molecule has 0 aliphatic carbocycles. The zero-order chi connectivity index (χ0) is 11.8. The Balaban J connectivity index is 2.82. The van der Waals surface area contributed by atoms with Crippen molar-refractivity contribution in [3.8, 4) is 0 Å². The number of ether oxygens (including phenoxy) is 2. The Morgan fingerprint density at radius 3 is 2.62 bits per heavy atom. The predicted molar refractivity (Wildman–Crippen MR) is 63.5 cm³/mol. The normalized spacial score (nSPS) is 12.7. The van der Waals surface area contributed by atoms with Crippen molar-refractivity contribution in [3.05, 3.63) is 35.4 Å². The largest absolute Gasteiger partial charge is 0.396 e. The molecule has 0 bridgehead atoms. The van der Waals surface area contributed by atoms with Gasteiger partial charge in [0.2, 0.25) is 0 Å². The second-order valence-electron chi connectivity index (χ2n) is 3.71. The van der Waals surface area contributed by atoms with E-state index in [1.54, 1.807) is 14.2 Å². The van der Waals surface area contributed by atoms with Gasteiger partial charge in [0, 0.05) is 20.8 Å². The summed E-state index contributed by atoms with van der Waals surface area (Å²) < 4.78 is 10.5. The molecule has 0 saturated heterocycles. The first-order chi connectivity index (χ1) is 7.83. The van der Waals surface area contributed by atoms with Gasteiger partial charge in [-0.2, -0.15) is 0 Å². The summed E-state index contributed by atoms with van der Waals surface area (Å²) in [7, 11) is 3.36. The lowest BCUT2D eigenvalue weighted by atomic mass is 9.99. The maximum Gasteiger partial charge on any atom is 0.106 e. The highest BCUT2D eigenvalue weighted by Gasteiger charge is 2.13. The first kappa shape index (κ1) is 13.2. The summed E-state index contributed by atoms with van der Waals surface area (Å²) in [5.41, 5.74) is 2.38. The first-order valence-corrected chi connectivity index (χ1v) is 5.53. The number of aliphatic hydroxyl groups excluding tert-OH is 1. The summed E-state index contributed by atoms with van der Waals surface area (Å²) in [6.45, 7) is 0.767. The standard InChI is InChI=1S/C13H20O3/c1-15-10-13(16-2)12-8-4-3-6-11(12)7-5-9-14/h3-4,6,8,13-14H,5,7,9-10H2,1-2H3. The van der Waals surface area contributed by atoms with E-state index < -0.39 is 0 Å². The first-order valence-electron chi connectivity index (χ1n) is 5.53. The molecule has 0 heterocycles. The lowest BCUT2D eigenvalue weighted by Crippen LogP contribution is -2.11. The molecular formula is C13H20O3. The van der Waals surface area contributed by atoms with Crippen molar-refractivity contribution >= 4 is 0 Å². The number of hydrogen-bond donors (Lipinski definition) is 1. The summed E-state index contributed by atoms with van der Waals surface area (Å²) in [6.07, 6.45) is 1.62. The fraction of sp³-hybridized carbons (Fsp3) is 0.538. The number of benzene rings is 1. The molecule has 1 rings (SSSR count). The van der Waals surface area contributed by atoms with Crippen LogP contribution < -0.4 is 0 Å². The Kier molecular flexibility index (Phi) is 6.08. The lowest BCUT2D eigenvalue weighted by Gasteiger charge is -2.18. The third-order valence-electron chi connectivity index (χ3n) is 2.61. The Morgan fingerprint density at radius 1 is 1.25 bits per heavy atom. The topological polar surface area (TPSA) is 38.7 Å². The van der Waals surface area contributed by atoms with E-state index in [1.807, 2.05) is 12.1 Å². The van der Waals surface area contributed by atoms with E-state index in [0.29, 0.717) is 6.61 Å². The molecular weight excluding hydrogens is 204 g/mol. The van der Waals surface area contributed by atoms with Crippen molar-refractivity contribution in [2.45, 2.75) is 18.9 Å². The number of rotatable bonds is 7. The van der Waals surface area contributed by atoms with Gasteiger partial charge < -0.3 is 14.6 Å². The van der Waals surface area contributed by atoms with Gasteiger partial charge >= 0.3 is 0 Å². The maximum atomic E-state index is 8.86. The molecule has 0 radical (unpaired) electrons. The van der Waals surface area contributed by atoms with Crippen molar-refractivity contribution < 1.29 is 14.6 Å². The highest BCUT2D eigenvalue weighted by Crippen LogP contribution is 2.22. The van der Waals surface area contributed by atoms with E-state index in [-0.39, 0.29) is 12.7 Å². The van der Waals surface area contributed by atoms with Crippen LogP contribution >= 0.6 is 0 Å². The van der Waals surface area contributed by atoms with Crippen LogP contribution in [0.5, 0.6) is 0 Å². The third kappa shape index (κ3) is 3.59. The van der Waals surface area contributed by atoms with Crippen LogP contribution in [-0.2, 0) is 15.9 Å². The Hall–Kier alpha value is -0.900. The quantitative estimate of drug-likeness (QED) is 0.769. The molecule has 0 aromatic heterocycles. The van der Waals surface area contributed by atoms with Crippen LogP contribution in [0.1, 0.15) is 23.7 Å². The van der Waals surface area contributed by atoms with Crippen LogP contribution in [0.15, 0.2) is 24.3 Å². The van der Waals surface area contributed by atoms with Crippen LogP contribution in [0.2, 0.25) is 0 Å². The van der Waals surface area contributed by atoms with Crippen LogP contribution in [0.4, 0.5) is 0 Å². The monoisotopic (exact) mass is 224 g/mol. The van der Waals surface area contributed by atoms with Gasteiger partial charge in [-0.1, -0.05) is 24.3 Å². The highest BCUT2D eigenvalue weighted by molar-refractivity contribution is 5.29. The van der Waals surface area contributed by atoms with Crippen molar-refractivity contribution in [2.75, 3.05) is 27.4 Å². The lowest BCUT2D eigenvalue weighted by molar-refractivity contribution is 0.0269. The minimum absolute atomic E-state index is 0.0279. The molecule has 3 nitrogen and oxygen atoms in total. The van der Waals surface area contributed by atoms with Gasteiger partial charge in [0.25, 0.3) is 0 Å². The van der Waals surface area contributed by atoms with Crippen molar-refractivity contribution in [3.63, 3.8) is 0 Å². The Bertz CT molecular complexity index is 299. The smallest absolute Gasteiger partial charge is 0.106 e. The summed E-state index contributed by atoms with van der Waals surface area (Å²) in [5, 5.41) is 8.86. The number of methoxy groups -OCH3 is 2. The van der Waals surface area contributed by atoms with E-state index in [9.17, 15) is 0 Å². The number of aryl methyl sites for hydroxylation is 1. The van der Waals surface area contributed by atoms with E-state index in [2.05, 4.69) is 12.1 Å². The van der Waals surface area contributed by atoms with E-state index in [4.69, 9.17) is 14.6 Å². The van der Waals surface area contributed by atoms with Crippen LogP contribution in [0, 0.1) is 0 Å². The van der Waals surface area contributed by atoms with E-state index >= 15 is 0 Å². The molecule has 0 amide bonds. The van der Waals surface area contributed by atoms with Gasteiger partial charge in [-0.25, -0.2) is 0 Å². The molecule has 1 N–H and O–H groups in total. The van der Waals surface area contributed by atoms with Gasteiger partial charge in [-0.05, 0) is 24.0 Å². The molecule has 16 heavy (non-hydrogen) atoms. The molecule has 0 spiro atoms. The molecule has 90 valence electrons. The van der Waals surface area contributed by atoms with Crippen molar-refractivity contribution in [2.24, 2.45) is 0 Å². The fourth-order valence-corrected chi connectivity index (χ4v) is 1.78. The minimum atomic E-state index is -0.0279. The molecule has 0 fully saturated rings. The molecule has 0 saturated carbocycles. The average Bonchev–Trinajstić information content (AvgIpc) is 2.34. The highest BCUT2D eigenvalue weighted by atomic mass is 16.5. The van der Waals surface area contributed by atoms with Crippen LogP contribution in [-0.4, -0.2) is 32.5 Å². The summed E-state index contributed by atoms with van der Waals surface area (Å²) >= 11 is 0. The van der Waals surface area contributed by atoms with E-state index in [0.717, 1.165) is 18.4 Å². The third-order valence-corrected chi connectivity index (χ3v) is 2.61. The zero-order valence-electron chi connectivity index (χ0n) is 9.98. The maximum absolute atomic E-state index is 8.86. The number of aliphatic hydroxyl groups is 1. The molecule has 0 aliphatic heterocycles. The Morgan fingerprint density at radius 2 is 2.00 bits per heavy atom. The number of hydrogen-bond acceptors (Lipinski definition) is 3. The summed E-state index contributed by atoms with van der Waals surface area (Å²) in [6, 6.07) is 8.14. The summed E-state index contributed by atoms with van der Waals surface area (Å²) in [5.74, 6) is 0. The molecule has 1 atom stereocenters. The summed E-state index contributed by atoms with van der Waals surface area (Å²) in [4.78, 5) is 0. The molecule has 1 aromatic rings. The van der Waals surface area contributed by atoms with Gasteiger partial charge in [0.1, 0.15) is 6.10 Å². The SMILES string of the molecule is COCC(OC)c1ccccc1CCCO. The van der Waals surface area contributed by atoms with Crippen LogP contribution in [0.25, 0.3) is 0 Å². The fourth-order valence-electron chi connectivity index (χ4n) is 1.78. The van der Waals surface area contributed by atoms with Gasteiger partial charge in [-0.15, -0.1) is 0 Å². The predicted octanol–water partition coefficient (Wildman–Crippen LogP) is 1.95. The average molecular weight is 224 g/mol. The molecule has 1 aromatic carbocycles. The molecule has 0 aliphatic rings. The second-order valence-corrected chi connectivity index (χ2v) is 3.71. The zero-order valence-corrected chi connectivity index (χ0v) is 9.98. The van der Waals surface area contributed by atoms with E-state index in [1.165, 1.54) is 5.56 Å². The van der Waals surface area contributed by atoms with Gasteiger partial charge in [-0.3, -0.25) is 0 Å². The van der Waals surface area contributed by atoms with Gasteiger partial charge in [0.15, 0.2) is 0 Å². The second kappa shape index (κ2) is 7.39. The molecule has 1 unspecified atom stereocenters. The van der Waals surface area contributed by atoms with Crippen molar-refractivity contribution in [1.82, 2.24) is 0 Å². The minimum Gasteiger partial charge on any atom is -0.396 e. The van der Waals surface area contributed by atoms with Gasteiger partial charge in [0.05, 0.1) is 6.61 Å². The van der Waals surface area contributed by atoms with Crippen LogP contribution in [0.3, 0.4) is 0 Å². The van der Waals surface area contributed by atoms with Crippen molar-refractivity contribution in [1.29, 1.82) is 0 Å². The molecule has 3 heteroatoms.